The summed E-state index contributed by atoms with van der Waals surface area (Å²) in [7, 11) is 4.62. The van der Waals surface area contributed by atoms with E-state index in [1.54, 1.807) is 32.4 Å². The van der Waals surface area contributed by atoms with Crippen LogP contribution in [0.1, 0.15) is 27.3 Å². The number of carbonyl (C=O) groups is 2. The van der Waals surface area contributed by atoms with Crippen molar-refractivity contribution in [1.29, 1.82) is 0 Å². The molecule has 0 saturated heterocycles. The molecular formula is C20H27N3O5S. The number of ether oxygens (including phenoxy) is 3. The van der Waals surface area contributed by atoms with Crippen LogP contribution in [0.3, 0.4) is 0 Å². The van der Waals surface area contributed by atoms with Crippen LogP contribution >= 0.6 is 11.3 Å². The molecule has 2 amide bonds. The predicted molar refractivity (Wildman–Crippen MR) is 112 cm³/mol. The molecule has 2 aromatic rings. The van der Waals surface area contributed by atoms with Crippen molar-refractivity contribution >= 4 is 28.3 Å². The second kappa shape index (κ2) is 10.8. The number of aromatic nitrogens is 1. The summed E-state index contributed by atoms with van der Waals surface area (Å²) in [4.78, 5) is 32.5. The van der Waals surface area contributed by atoms with Gasteiger partial charge in [0, 0.05) is 31.2 Å². The molecule has 29 heavy (non-hydrogen) atoms. The largest absolute Gasteiger partial charge is 0.497 e. The van der Waals surface area contributed by atoms with E-state index in [1.807, 2.05) is 13.8 Å². The third kappa shape index (κ3) is 6.16. The molecule has 0 radical (unpaired) electrons. The van der Waals surface area contributed by atoms with Crippen LogP contribution in [0.4, 0.5) is 5.13 Å². The van der Waals surface area contributed by atoms with Crippen molar-refractivity contribution < 1.29 is 23.8 Å². The quantitative estimate of drug-likeness (QED) is 0.594. The standard InChI is InChI=1S/C20H27N3O5S/c1-13-14(2)29-20(21-13)22-18(24)12-23(9-6-10-26-3)19(25)16-8-7-15(27-4)11-17(16)28-5/h7-8,11H,6,9-10,12H2,1-5H3,(H,21,22,24). The van der Waals surface area contributed by atoms with Gasteiger partial charge in [0.2, 0.25) is 5.91 Å². The third-order valence-corrected chi connectivity index (χ3v) is 5.30. The number of nitrogens with one attached hydrogen (secondary N) is 1. The van der Waals surface area contributed by atoms with Gasteiger partial charge in [-0.2, -0.15) is 0 Å². The third-order valence-electron chi connectivity index (χ3n) is 4.31. The molecule has 0 atom stereocenters. The van der Waals surface area contributed by atoms with Crippen molar-refractivity contribution in [2.75, 3.05) is 46.3 Å². The molecule has 1 N–H and O–H groups in total. The number of benzene rings is 1. The van der Waals surface area contributed by atoms with E-state index in [-0.39, 0.29) is 18.4 Å². The number of amides is 2. The van der Waals surface area contributed by atoms with Gasteiger partial charge in [-0.3, -0.25) is 9.59 Å². The van der Waals surface area contributed by atoms with E-state index in [0.29, 0.717) is 41.8 Å². The summed E-state index contributed by atoms with van der Waals surface area (Å²) in [6.45, 7) is 4.58. The van der Waals surface area contributed by atoms with E-state index in [0.717, 1.165) is 10.6 Å². The first-order valence-corrected chi connectivity index (χ1v) is 9.95. The predicted octanol–water partition coefficient (Wildman–Crippen LogP) is 2.89. The molecule has 0 unspecified atom stereocenters. The number of nitrogens with zero attached hydrogens (tertiary/aromatic N) is 2. The Morgan fingerprint density at radius 1 is 1.17 bits per heavy atom. The number of anilines is 1. The van der Waals surface area contributed by atoms with E-state index < -0.39 is 0 Å². The minimum absolute atomic E-state index is 0.102. The van der Waals surface area contributed by atoms with Gasteiger partial charge >= 0.3 is 0 Å². The molecule has 0 fully saturated rings. The number of aryl methyl sites for hydroxylation is 2. The van der Waals surface area contributed by atoms with E-state index in [1.165, 1.54) is 23.3 Å². The highest BCUT2D eigenvalue weighted by molar-refractivity contribution is 7.15. The second-order valence-corrected chi connectivity index (χ2v) is 7.55. The molecule has 0 spiro atoms. The van der Waals surface area contributed by atoms with Gasteiger partial charge < -0.3 is 24.4 Å². The highest BCUT2D eigenvalue weighted by Gasteiger charge is 2.23. The zero-order chi connectivity index (χ0) is 21.4. The van der Waals surface area contributed by atoms with E-state index in [2.05, 4.69) is 10.3 Å². The van der Waals surface area contributed by atoms with Crippen molar-refractivity contribution in [3.8, 4) is 11.5 Å². The lowest BCUT2D eigenvalue weighted by atomic mass is 10.1. The Morgan fingerprint density at radius 3 is 2.52 bits per heavy atom. The van der Waals surface area contributed by atoms with Crippen LogP contribution in [0.15, 0.2) is 18.2 Å². The van der Waals surface area contributed by atoms with Crippen molar-refractivity contribution in [3.63, 3.8) is 0 Å². The summed E-state index contributed by atoms with van der Waals surface area (Å²) in [5, 5.41) is 3.29. The Morgan fingerprint density at radius 2 is 1.93 bits per heavy atom. The van der Waals surface area contributed by atoms with Crippen molar-refractivity contribution in [2.24, 2.45) is 0 Å². The number of rotatable bonds is 10. The monoisotopic (exact) mass is 421 g/mol. The van der Waals surface area contributed by atoms with E-state index in [9.17, 15) is 9.59 Å². The fourth-order valence-electron chi connectivity index (χ4n) is 2.66. The van der Waals surface area contributed by atoms with Crippen LogP contribution < -0.4 is 14.8 Å². The first kappa shape index (κ1) is 22.6. The number of thiazole rings is 1. The van der Waals surface area contributed by atoms with Gasteiger partial charge in [-0.05, 0) is 32.4 Å². The van der Waals surface area contributed by atoms with E-state index >= 15 is 0 Å². The topological polar surface area (TPSA) is 90.0 Å². The lowest BCUT2D eigenvalue weighted by molar-refractivity contribution is -0.116. The number of hydrogen-bond donors (Lipinski definition) is 1. The van der Waals surface area contributed by atoms with Gasteiger partial charge in [0.05, 0.1) is 25.5 Å². The number of hydrogen-bond acceptors (Lipinski definition) is 7. The Hall–Kier alpha value is -2.65. The van der Waals surface area contributed by atoms with Gasteiger partial charge in [0.1, 0.15) is 18.0 Å². The zero-order valence-electron chi connectivity index (χ0n) is 17.4. The first-order chi connectivity index (χ1) is 13.9. The maximum atomic E-state index is 13.1. The molecule has 1 aromatic carbocycles. The van der Waals surface area contributed by atoms with Crippen LogP contribution in [-0.4, -0.2) is 62.7 Å². The smallest absolute Gasteiger partial charge is 0.258 e. The molecule has 9 heteroatoms. The molecule has 0 aliphatic rings. The maximum absolute atomic E-state index is 13.1. The highest BCUT2D eigenvalue weighted by atomic mass is 32.1. The summed E-state index contributed by atoms with van der Waals surface area (Å²) < 4.78 is 15.6. The SMILES string of the molecule is COCCCN(CC(=O)Nc1nc(C)c(C)s1)C(=O)c1ccc(OC)cc1OC. The van der Waals surface area contributed by atoms with Crippen LogP contribution in [-0.2, 0) is 9.53 Å². The zero-order valence-corrected chi connectivity index (χ0v) is 18.2. The average Bonchev–Trinajstić information content (AvgIpc) is 3.02. The molecule has 2 rings (SSSR count). The highest BCUT2D eigenvalue weighted by Crippen LogP contribution is 2.26. The van der Waals surface area contributed by atoms with Crippen molar-refractivity contribution in [3.05, 3.63) is 34.3 Å². The maximum Gasteiger partial charge on any atom is 0.258 e. The Labute approximate surface area is 174 Å². The summed E-state index contributed by atoms with van der Waals surface area (Å²) in [6.07, 6.45) is 0.601. The minimum atomic E-state index is -0.308. The molecule has 0 saturated carbocycles. The summed E-state index contributed by atoms with van der Waals surface area (Å²) >= 11 is 1.41. The lowest BCUT2D eigenvalue weighted by Gasteiger charge is -2.23. The van der Waals surface area contributed by atoms with Crippen LogP contribution in [0.25, 0.3) is 0 Å². The Bertz CT molecular complexity index is 833. The molecule has 1 heterocycles. The van der Waals surface area contributed by atoms with Crippen LogP contribution in [0.2, 0.25) is 0 Å². The number of methoxy groups -OCH3 is 3. The molecule has 0 aliphatic carbocycles. The Balaban J connectivity index is 2.17. The normalized spacial score (nSPS) is 10.5. The number of carbonyl (C=O) groups excluding carboxylic acids is 2. The van der Waals surface area contributed by atoms with Crippen LogP contribution in [0, 0.1) is 13.8 Å². The van der Waals surface area contributed by atoms with Gasteiger partial charge in [0.15, 0.2) is 5.13 Å². The second-order valence-electron chi connectivity index (χ2n) is 6.35. The molecule has 158 valence electrons. The van der Waals surface area contributed by atoms with E-state index in [4.69, 9.17) is 14.2 Å². The van der Waals surface area contributed by atoms with Crippen molar-refractivity contribution in [1.82, 2.24) is 9.88 Å². The van der Waals surface area contributed by atoms with Crippen LogP contribution in [0.5, 0.6) is 11.5 Å². The summed E-state index contributed by atoms with van der Waals surface area (Å²) in [5.41, 5.74) is 1.24. The average molecular weight is 422 g/mol. The summed E-state index contributed by atoms with van der Waals surface area (Å²) in [5.74, 6) is 0.355. The first-order valence-electron chi connectivity index (χ1n) is 9.13. The minimum Gasteiger partial charge on any atom is -0.497 e. The van der Waals surface area contributed by atoms with Gasteiger partial charge in [-0.1, -0.05) is 0 Å². The van der Waals surface area contributed by atoms with Gasteiger partial charge in [-0.15, -0.1) is 11.3 Å². The fraction of sp³-hybridized carbons (Fsp3) is 0.450. The molecule has 1 aromatic heterocycles. The molecule has 0 bridgehead atoms. The summed E-state index contributed by atoms with van der Waals surface area (Å²) in [6, 6.07) is 4.96. The molecule has 8 nitrogen and oxygen atoms in total. The lowest BCUT2D eigenvalue weighted by Crippen LogP contribution is -2.39. The molecule has 0 aliphatic heterocycles. The van der Waals surface area contributed by atoms with Gasteiger partial charge in [0.25, 0.3) is 5.91 Å². The van der Waals surface area contributed by atoms with Crippen molar-refractivity contribution in [2.45, 2.75) is 20.3 Å². The van der Waals surface area contributed by atoms with Gasteiger partial charge in [-0.25, -0.2) is 4.98 Å². The molecular weight excluding hydrogens is 394 g/mol. The fourth-order valence-corrected chi connectivity index (χ4v) is 3.49. The Kier molecular flexibility index (Phi) is 8.41.